The number of aromatic nitrogens is 2. The van der Waals surface area contributed by atoms with Crippen molar-refractivity contribution in [2.45, 2.75) is 19.1 Å². The average molecular weight is 458 g/mol. The first-order valence-corrected chi connectivity index (χ1v) is 10.3. The van der Waals surface area contributed by atoms with Gasteiger partial charge in [0, 0.05) is 42.8 Å². The Morgan fingerprint density at radius 1 is 1.35 bits per heavy atom. The van der Waals surface area contributed by atoms with E-state index in [9.17, 15) is 18.0 Å². The van der Waals surface area contributed by atoms with Gasteiger partial charge in [-0.15, -0.1) is 11.3 Å². The Kier molecular flexibility index (Phi) is 7.11. The van der Waals surface area contributed by atoms with E-state index in [1.165, 1.54) is 0 Å². The van der Waals surface area contributed by atoms with Gasteiger partial charge in [-0.25, -0.2) is 14.8 Å². The molecule has 168 valence electrons. The number of amides is 1. The number of rotatable bonds is 5. The highest BCUT2D eigenvalue weighted by Gasteiger charge is 2.54. The number of hydrogen-bond acceptors (Lipinski definition) is 7. The summed E-state index contributed by atoms with van der Waals surface area (Å²) >= 11 is 1.66. The standard InChI is InChI=1S/C17H20N4O2S.C2HF3O2/c22-16-17(4-7-21(12-17)10-15-19-6-8-24-15)13(9-20-16)11-23-14-3-1-2-5-18-14;3-2(4,5)1(6)7/h1-3,5-6,8,13H,4,7,9-12H2,(H,20,22);(H,6,7)/t13-,17+;/m0./s1. The first kappa shape index (κ1) is 22.9. The normalized spacial score (nSPS) is 23.3. The number of nitrogens with zero attached hydrogens (tertiary/aromatic N) is 3. The van der Waals surface area contributed by atoms with E-state index >= 15 is 0 Å². The van der Waals surface area contributed by atoms with E-state index in [-0.39, 0.29) is 17.2 Å². The molecule has 8 nitrogen and oxygen atoms in total. The number of thiazole rings is 1. The minimum absolute atomic E-state index is 0.166. The predicted octanol–water partition coefficient (Wildman–Crippen LogP) is 2.19. The molecule has 0 aromatic carbocycles. The van der Waals surface area contributed by atoms with E-state index in [1.54, 1.807) is 17.5 Å². The molecule has 2 aromatic heterocycles. The van der Waals surface area contributed by atoms with Crippen LogP contribution in [0.1, 0.15) is 11.4 Å². The van der Waals surface area contributed by atoms with Crippen molar-refractivity contribution in [3.63, 3.8) is 0 Å². The quantitative estimate of drug-likeness (QED) is 0.708. The number of aliphatic carboxylic acids is 1. The molecule has 1 amide bonds. The molecule has 0 saturated carbocycles. The lowest BCUT2D eigenvalue weighted by Crippen LogP contribution is -2.40. The zero-order chi connectivity index (χ0) is 22.5. The number of carboxylic acids is 1. The molecular formula is C19H21F3N4O4S. The fourth-order valence-corrected chi connectivity index (χ4v) is 4.36. The Balaban J connectivity index is 0.000000339. The summed E-state index contributed by atoms with van der Waals surface area (Å²) in [6.45, 7) is 3.71. The number of ether oxygens (including phenoxy) is 1. The van der Waals surface area contributed by atoms with Crippen LogP contribution in [0.25, 0.3) is 0 Å². The van der Waals surface area contributed by atoms with Gasteiger partial charge in [-0.2, -0.15) is 13.2 Å². The van der Waals surface area contributed by atoms with E-state index in [1.807, 2.05) is 29.8 Å². The second-order valence-corrected chi connectivity index (χ2v) is 8.21. The van der Waals surface area contributed by atoms with Crippen LogP contribution in [0.4, 0.5) is 13.2 Å². The predicted molar refractivity (Wildman–Crippen MR) is 104 cm³/mol. The van der Waals surface area contributed by atoms with Crippen molar-refractivity contribution in [1.82, 2.24) is 20.2 Å². The van der Waals surface area contributed by atoms with Crippen LogP contribution in [0.3, 0.4) is 0 Å². The number of halogens is 3. The summed E-state index contributed by atoms with van der Waals surface area (Å²) in [5.74, 6) is -1.80. The van der Waals surface area contributed by atoms with Crippen LogP contribution in [0.15, 0.2) is 36.0 Å². The van der Waals surface area contributed by atoms with Gasteiger partial charge in [0.05, 0.1) is 18.6 Å². The van der Waals surface area contributed by atoms with E-state index in [0.717, 1.165) is 31.1 Å². The lowest BCUT2D eigenvalue weighted by Gasteiger charge is -2.28. The van der Waals surface area contributed by atoms with Crippen LogP contribution < -0.4 is 10.1 Å². The molecule has 2 aliphatic rings. The molecule has 0 bridgehead atoms. The van der Waals surface area contributed by atoms with Gasteiger partial charge in [0.2, 0.25) is 11.8 Å². The Hall–Kier alpha value is -2.73. The summed E-state index contributed by atoms with van der Waals surface area (Å²) < 4.78 is 37.6. The maximum Gasteiger partial charge on any atom is 0.490 e. The van der Waals surface area contributed by atoms with Gasteiger partial charge in [0.1, 0.15) is 5.01 Å². The van der Waals surface area contributed by atoms with Gasteiger partial charge < -0.3 is 15.2 Å². The third kappa shape index (κ3) is 5.70. The molecule has 4 heterocycles. The maximum absolute atomic E-state index is 12.5. The van der Waals surface area contributed by atoms with Crippen LogP contribution in [0.2, 0.25) is 0 Å². The molecule has 0 unspecified atom stereocenters. The van der Waals surface area contributed by atoms with E-state index in [4.69, 9.17) is 14.6 Å². The fraction of sp³-hybridized carbons (Fsp3) is 0.474. The maximum atomic E-state index is 12.5. The molecule has 2 aromatic rings. The number of carboxylic acid groups (broad SMARTS) is 1. The van der Waals surface area contributed by atoms with Crippen molar-refractivity contribution in [1.29, 1.82) is 0 Å². The molecule has 2 fully saturated rings. The number of alkyl halides is 3. The average Bonchev–Trinajstić information content (AvgIpc) is 3.45. The Labute approximate surface area is 180 Å². The molecule has 2 saturated heterocycles. The van der Waals surface area contributed by atoms with Gasteiger partial charge in [-0.1, -0.05) is 6.07 Å². The number of pyridine rings is 1. The topological polar surface area (TPSA) is 105 Å². The zero-order valence-electron chi connectivity index (χ0n) is 16.3. The van der Waals surface area contributed by atoms with Crippen LogP contribution in [0, 0.1) is 11.3 Å². The molecule has 0 aliphatic carbocycles. The summed E-state index contributed by atoms with van der Waals surface area (Å²) in [6.07, 6.45) is -0.660. The van der Waals surface area contributed by atoms with Crippen molar-refractivity contribution >= 4 is 23.2 Å². The molecule has 2 atom stereocenters. The first-order valence-electron chi connectivity index (χ1n) is 9.44. The van der Waals surface area contributed by atoms with Crippen molar-refractivity contribution in [3.05, 3.63) is 41.0 Å². The number of nitrogens with one attached hydrogen (secondary N) is 1. The van der Waals surface area contributed by atoms with Gasteiger partial charge >= 0.3 is 12.1 Å². The molecule has 2 N–H and O–H groups in total. The summed E-state index contributed by atoms with van der Waals surface area (Å²) in [5.41, 5.74) is -0.341. The largest absolute Gasteiger partial charge is 0.490 e. The smallest absolute Gasteiger partial charge is 0.477 e. The highest BCUT2D eigenvalue weighted by atomic mass is 32.1. The Morgan fingerprint density at radius 2 is 2.13 bits per heavy atom. The van der Waals surface area contributed by atoms with Gasteiger partial charge in [-0.05, 0) is 19.0 Å². The SMILES string of the molecule is O=C(O)C(F)(F)F.O=C1NC[C@@H](COc2ccccn2)[C@]12CCN(Cc1nccs1)C2. The third-order valence-electron chi connectivity index (χ3n) is 5.28. The van der Waals surface area contributed by atoms with Gasteiger partial charge in [-0.3, -0.25) is 9.69 Å². The molecule has 0 radical (unpaired) electrons. The minimum Gasteiger partial charge on any atom is -0.477 e. The van der Waals surface area contributed by atoms with Crippen molar-refractivity contribution in [2.24, 2.45) is 11.3 Å². The Morgan fingerprint density at radius 3 is 2.74 bits per heavy atom. The third-order valence-corrected chi connectivity index (χ3v) is 6.04. The second-order valence-electron chi connectivity index (χ2n) is 7.23. The fourth-order valence-electron chi connectivity index (χ4n) is 3.70. The van der Waals surface area contributed by atoms with E-state index in [0.29, 0.717) is 19.0 Å². The van der Waals surface area contributed by atoms with Crippen LogP contribution in [-0.4, -0.2) is 64.3 Å². The van der Waals surface area contributed by atoms with E-state index < -0.39 is 12.1 Å². The molecule has 2 aliphatic heterocycles. The van der Waals surface area contributed by atoms with Crippen LogP contribution in [-0.2, 0) is 16.1 Å². The summed E-state index contributed by atoms with van der Waals surface area (Å²) in [4.78, 5) is 32.3. The summed E-state index contributed by atoms with van der Waals surface area (Å²) in [7, 11) is 0. The van der Waals surface area contributed by atoms with Crippen LogP contribution in [0.5, 0.6) is 5.88 Å². The number of likely N-dealkylation sites (tertiary alicyclic amines) is 1. The first-order chi connectivity index (χ1) is 14.7. The van der Waals surface area contributed by atoms with Crippen molar-refractivity contribution in [2.75, 3.05) is 26.2 Å². The highest BCUT2D eigenvalue weighted by molar-refractivity contribution is 7.09. The van der Waals surface area contributed by atoms with Gasteiger partial charge in [0.15, 0.2) is 0 Å². The van der Waals surface area contributed by atoms with Gasteiger partial charge in [0.25, 0.3) is 0 Å². The minimum atomic E-state index is -5.08. The molecule has 31 heavy (non-hydrogen) atoms. The summed E-state index contributed by atoms with van der Waals surface area (Å²) in [6, 6.07) is 5.62. The van der Waals surface area contributed by atoms with Crippen molar-refractivity contribution < 1.29 is 32.6 Å². The van der Waals surface area contributed by atoms with E-state index in [2.05, 4.69) is 20.2 Å². The summed E-state index contributed by atoms with van der Waals surface area (Å²) in [5, 5.41) is 13.3. The zero-order valence-corrected chi connectivity index (χ0v) is 17.2. The molecule has 12 heteroatoms. The van der Waals surface area contributed by atoms with Crippen molar-refractivity contribution in [3.8, 4) is 5.88 Å². The number of carbonyl (C=O) groups excluding carboxylic acids is 1. The number of hydrogen-bond donors (Lipinski definition) is 2. The molecule has 4 rings (SSSR count). The second kappa shape index (κ2) is 9.60. The van der Waals surface area contributed by atoms with Crippen LogP contribution >= 0.6 is 11.3 Å². The lowest BCUT2D eigenvalue weighted by molar-refractivity contribution is -0.192. The highest BCUT2D eigenvalue weighted by Crippen LogP contribution is 2.42. The monoisotopic (exact) mass is 458 g/mol. The number of carbonyl (C=O) groups is 2. The molecular weight excluding hydrogens is 437 g/mol. The molecule has 1 spiro atoms. The Bertz CT molecular complexity index is 882. The lowest BCUT2D eigenvalue weighted by atomic mass is 9.77.